The first kappa shape index (κ1) is 16.6. The van der Waals surface area contributed by atoms with Crippen LogP contribution in [-0.4, -0.2) is 61.2 Å². The molecule has 1 fully saturated rings. The highest BCUT2D eigenvalue weighted by Gasteiger charge is 2.47. The molecular weight excluding hydrogens is 297 g/mol. The number of hydrogen-bond donors (Lipinski definition) is 0. The zero-order valence-corrected chi connectivity index (χ0v) is 12.7. The molecule has 1 saturated heterocycles. The summed E-state index contributed by atoms with van der Waals surface area (Å²) in [7, 11) is 2.95. The molecule has 122 valence electrons. The number of carbonyl (C=O) groups is 1. The van der Waals surface area contributed by atoms with E-state index < -0.39 is 18.1 Å². The second-order valence-corrected chi connectivity index (χ2v) is 5.51. The van der Waals surface area contributed by atoms with Crippen LogP contribution in [0.25, 0.3) is 0 Å². The Bertz CT molecular complexity index is 531. The van der Waals surface area contributed by atoms with Crippen LogP contribution in [0.4, 0.5) is 13.2 Å². The van der Waals surface area contributed by atoms with E-state index in [1.54, 1.807) is 31.2 Å². The summed E-state index contributed by atoms with van der Waals surface area (Å²) in [4.78, 5) is 15.0. The lowest BCUT2D eigenvalue weighted by Crippen LogP contribution is -2.62. The van der Waals surface area contributed by atoms with Gasteiger partial charge in [-0.25, -0.2) is 0 Å². The molecule has 2 atom stereocenters. The summed E-state index contributed by atoms with van der Waals surface area (Å²) in [5.41, 5.74) is 0.360. The highest BCUT2D eigenvalue weighted by atomic mass is 19.4. The van der Waals surface area contributed by atoms with E-state index in [2.05, 4.69) is 0 Å². The second kappa shape index (κ2) is 6.16. The lowest BCUT2D eigenvalue weighted by molar-refractivity contribution is -0.197. The van der Waals surface area contributed by atoms with Crippen LogP contribution in [0.1, 0.15) is 17.3 Å². The Hall–Kier alpha value is -1.76. The van der Waals surface area contributed by atoms with Gasteiger partial charge in [0.25, 0.3) is 5.91 Å². The van der Waals surface area contributed by atoms with Crippen molar-refractivity contribution in [1.29, 1.82) is 0 Å². The number of hydrogen-bond acceptors (Lipinski definition) is 3. The third-order valence-electron chi connectivity index (χ3n) is 4.07. The molecule has 7 heteroatoms. The van der Waals surface area contributed by atoms with E-state index >= 15 is 0 Å². The minimum Gasteiger partial charge on any atom is -0.497 e. The highest BCUT2D eigenvalue weighted by Crippen LogP contribution is 2.29. The Morgan fingerprint density at radius 1 is 1.23 bits per heavy atom. The molecule has 0 aliphatic carbocycles. The fraction of sp³-hybridized carbons (Fsp3) is 0.533. The summed E-state index contributed by atoms with van der Waals surface area (Å²) in [5, 5.41) is 0. The molecule has 1 amide bonds. The topological polar surface area (TPSA) is 32.8 Å². The molecular formula is C15H19F3N2O2. The molecule has 0 N–H and O–H groups in total. The molecule has 1 aromatic rings. The smallest absolute Gasteiger partial charge is 0.405 e. The van der Waals surface area contributed by atoms with Crippen LogP contribution in [-0.2, 0) is 0 Å². The van der Waals surface area contributed by atoms with Crippen LogP contribution in [0.5, 0.6) is 5.75 Å². The molecule has 2 unspecified atom stereocenters. The second-order valence-electron chi connectivity index (χ2n) is 5.51. The lowest BCUT2D eigenvalue weighted by atomic mass is 10.1. The number of nitrogens with zero attached hydrogens (tertiary/aromatic N) is 2. The predicted octanol–water partition coefficient (Wildman–Crippen LogP) is 2.40. The van der Waals surface area contributed by atoms with Gasteiger partial charge in [0.2, 0.25) is 0 Å². The normalized spacial score (nSPS) is 23.5. The van der Waals surface area contributed by atoms with E-state index in [1.165, 1.54) is 24.0 Å². The molecule has 4 nitrogen and oxygen atoms in total. The summed E-state index contributed by atoms with van der Waals surface area (Å²) in [6.45, 7) is 1.61. The van der Waals surface area contributed by atoms with Crippen LogP contribution < -0.4 is 4.74 Å². The maximum Gasteiger partial charge on any atom is 0.405 e. The van der Waals surface area contributed by atoms with Crippen LogP contribution >= 0.6 is 0 Å². The Kier molecular flexibility index (Phi) is 4.65. The third kappa shape index (κ3) is 3.35. The molecule has 0 bridgehead atoms. The van der Waals surface area contributed by atoms with Crippen molar-refractivity contribution in [3.63, 3.8) is 0 Å². The van der Waals surface area contributed by atoms with Crippen molar-refractivity contribution in [2.75, 3.05) is 27.2 Å². The fourth-order valence-electron chi connectivity index (χ4n) is 2.58. The van der Waals surface area contributed by atoms with Gasteiger partial charge in [0.05, 0.1) is 7.11 Å². The third-order valence-corrected chi connectivity index (χ3v) is 4.07. The minimum atomic E-state index is -4.36. The summed E-state index contributed by atoms with van der Waals surface area (Å²) in [5.74, 6) is 0.202. The first-order valence-corrected chi connectivity index (χ1v) is 6.96. The number of methoxy groups -OCH3 is 1. The van der Waals surface area contributed by atoms with E-state index in [0.717, 1.165) is 0 Å². The van der Waals surface area contributed by atoms with Crippen molar-refractivity contribution in [3.8, 4) is 5.75 Å². The average molecular weight is 316 g/mol. The number of halogens is 3. The fourth-order valence-corrected chi connectivity index (χ4v) is 2.58. The maximum absolute atomic E-state index is 13.1. The number of likely N-dealkylation sites (N-methyl/N-ethyl adjacent to an activating group) is 1. The van der Waals surface area contributed by atoms with Crippen LogP contribution in [0, 0.1) is 0 Å². The number of rotatable bonds is 2. The summed E-state index contributed by atoms with van der Waals surface area (Å²) >= 11 is 0. The van der Waals surface area contributed by atoms with Gasteiger partial charge in [-0.1, -0.05) is 0 Å². The van der Waals surface area contributed by atoms with Crippen molar-refractivity contribution in [2.45, 2.75) is 25.2 Å². The number of benzene rings is 1. The summed E-state index contributed by atoms with van der Waals surface area (Å²) < 4.78 is 44.3. The number of carbonyl (C=O) groups excluding carboxylic acids is 1. The van der Waals surface area contributed by atoms with Gasteiger partial charge in [-0.05, 0) is 38.2 Å². The van der Waals surface area contributed by atoms with Gasteiger partial charge < -0.3 is 9.64 Å². The molecule has 0 saturated carbocycles. The van der Waals surface area contributed by atoms with E-state index in [4.69, 9.17) is 4.74 Å². The van der Waals surface area contributed by atoms with Crippen LogP contribution in [0.15, 0.2) is 24.3 Å². The van der Waals surface area contributed by atoms with E-state index in [1.807, 2.05) is 0 Å². The first-order valence-electron chi connectivity index (χ1n) is 6.96. The molecule has 0 radical (unpaired) electrons. The predicted molar refractivity (Wildman–Crippen MR) is 76.0 cm³/mol. The molecule has 1 aliphatic rings. The molecule has 1 aliphatic heterocycles. The van der Waals surface area contributed by atoms with Gasteiger partial charge in [0.1, 0.15) is 11.8 Å². The molecule has 0 aromatic heterocycles. The van der Waals surface area contributed by atoms with Gasteiger partial charge in [0.15, 0.2) is 0 Å². The van der Waals surface area contributed by atoms with Crippen molar-refractivity contribution in [2.24, 2.45) is 0 Å². The number of alkyl halides is 3. The Morgan fingerprint density at radius 3 is 2.32 bits per heavy atom. The zero-order chi connectivity index (χ0) is 16.5. The van der Waals surface area contributed by atoms with Crippen LogP contribution in [0.2, 0.25) is 0 Å². The number of amides is 1. The molecule has 0 spiro atoms. The van der Waals surface area contributed by atoms with Gasteiger partial charge in [-0.2, -0.15) is 13.2 Å². The van der Waals surface area contributed by atoms with E-state index in [9.17, 15) is 18.0 Å². The number of piperazine rings is 1. The quantitative estimate of drug-likeness (QED) is 0.840. The van der Waals surface area contributed by atoms with Gasteiger partial charge in [-0.3, -0.25) is 9.69 Å². The first-order chi connectivity index (χ1) is 10.2. The summed E-state index contributed by atoms with van der Waals surface area (Å²) in [6.07, 6.45) is -4.36. The largest absolute Gasteiger partial charge is 0.497 e. The van der Waals surface area contributed by atoms with Gasteiger partial charge in [0, 0.05) is 24.7 Å². The average Bonchev–Trinajstić information content (AvgIpc) is 2.48. The van der Waals surface area contributed by atoms with Crippen molar-refractivity contribution in [1.82, 2.24) is 9.80 Å². The standard InChI is InChI=1S/C15H19F3N2O2/c1-10-8-20(9-13(19(10)2)15(16,17)18)14(21)11-4-6-12(22-3)7-5-11/h4-7,10,13H,8-9H2,1-3H3. The van der Waals surface area contributed by atoms with E-state index in [-0.39, 0.29) is 19.1 Å². The lowest BCUT2D eigenvalue weighted by Gasteiger charge is -2.44. The van der Waals surface area contributed by atoms with E-state index in [0.29, 0.717) is 11.3 Å². The van der Waals surface area contributed by atoms with Gasteiger partial charge in [-0.15, -0.1) is 0 Å². The molecule has 22 heavy (non-hydrogen) atoms. The Morgan fingerprint density at radius 2 is 1.82 bits per heavy atom. The Balaban J connectivity index is 2.18. The monoisotopic (exact) mass is 316 g/mol. The SMILES string of the molecule is COc1ccc(C(=O)N2CC(C)N(C)C(C(F)(F)F)C2)cc1. The molecule has 1 heterocycles. The van der Waals surface area contributed by atoms with Crippen molar-refractivity contribution < 1.29 is 22.7 Å². The van der Waals surface area contributed by atoms with Gasteiger partial charge >= 0.3 is 6.18 Å². The Labute approximate surface area is 127 Å². The number of ether oxygens (including phenoxy) is 1. The highest BCUT2D eigenvalue weighted by molar-refractivity contribution is 5.94. The minimum absolute atomic E-state index is 0.272. The molecule has 1 aromatic carbocycles. The maximum atomic E-state index is 13.1. The van der Waals surface area contributed by atoms with Crippen molar-refractivity contribution in [3.05, 3.63) is 29.8 Å². The van der Waals surface area contributed by atoms with Crippen LogP contribution in [0.3, 0.4) is 0 Å². The molecule has 2 rings (SSSR count). The van der Waals surface area contributed by atoms with Crippen molar-refractivity contribution >= 4 is 5.91 Å². The zero-order valence-electron chi connectivity index (χ0n) is 12.7. The summed E-state index contributed by atoms with van der Waals surface area (Å²) in [6, 6.07) is 4.36.